The monoisotopic (exact) mass is 440 g/mol. The standard InChI is InChI=1S/C23H36O8/c24-22(30-13-20-11-28-20)18-5-1-16(2-6-18)9-26-15-27-10-17-3-7-19(8-4-17)23(25)31-14-21-12-29-21/h16-21H,1-15H2. The molecule has 4 aliphatic rings. The van der Waals surface area contributed by atoms with E-state index in [1.165, 1.54) is 0 Å². The highest BCUT2D eigenvalue weighted by Gasteiger charge is 2.31. The average Bonchev–Trinajstić information content (AvgIpc) is 3.71. The number of carbonyl (C=O) groups is 2. The molecule has 0 aromatic rings. The summed E-state index contributed by atoms with van der Waals surface area (Å²) >= 11 is 0. The second-order valence-electron chi connectivity index (χ2n) is 9.47. The first-order valence-electron chi connectivity index (χ1n) is 11.9. The fraction of sp³-hybridized carbons (Fsp3) is 0.913. The molecule has 2 heterocycles. The van der Waals surface area contributed by atoms with E-state index in [4.69, 9.17) is 28.4 Å². The summed E-state index contributed by atoms with van der Waals surface area (Å²) in [7, 11) is 0. The Morgan fingerprint density at radius 3 is 1.35 bits per heavy atom. The molecule has 2 saturated carbocycles. The molecule has 176 valence electrons. The SMILES string of the molecule is O=C(OCC1CO1)C1CCC(COCOCC2CCC(C(=O)OCC3CO3)CC2)CC1. The van der Waals surface area contributed by atoms with Crippen LogP contribution >= 0.6 is 0 Å². The largest absolute Gasteiger partial charge is 0.463 e. The Labute approximate surface area is 184 Å². The highest BCUT2D eigenvalue weighted by Crippen LogP contribution is 2.31. The van der Waals surface area contributed by atoms with Gasteiger partial charge in [0.25, 0.3) is 0 Å². The highest BCUT2D eigenvalue weighted by atomic mass is 16.7. The predicted molar refractivity (Wildman–Crippen MR) is 109 cm³/mol. The van der Waals surface area contributed by atoms with Crippen LogP contribution in [0.5, 0.6) is 0 Å². The number of carbonyl (C=O) groups excluding carboxylic acids is 2. The van der Waals surface area contributed by atoms with Crippen LogP contribution in [-0.2, 0) is 38.0 Å². The van der Waals surface area contributed by atoms with E-state index in [1.54, 1.807) is 0 Å². The molecule has 8 heteroatoms. The molecule has 0 bridgehead atoms. The van der Waals surface area contributed by atoms with Crippen LogP contribution < -0.4 is 0 Å². The Hall–Kier alpha value is -1.22. The van der Waals surface area contributed by atoms with E-state index in [2.05, 4.69) is 0 Å². The first-order chi connectivity index (χ1) is 15.2. The van der Waals surface area contributed by atoms with Crippen molar-refractivity contribution in [3.63, 3.8) is 0 Å². The third kappa shape index (κ3) is 8.00. The van der Waals surface area contributed by atoms with Crippen molar-refractivity contribution in [1.82, 2.24) is 0 Å². The van der Waals surface area contributed by atoms with Crippen molar-refractivity contribution in [2.75, 3.05) is 46.4 Å². The van der Waals surface area contributed by atoms with Crippen molar-refractivity contribution in [3.05, 3.63) is 0 Å². The van der Waals surface area contributed by atoms with Gasteiger partial charge in [0, 0.05) is 0 Å². The second kappa shape index (κ2) is 11.6. The molecule has 0 aromatic heterocycles. The van der Waals surface area contributed by atoms with E-state index >= 15 is 0 Å². The van der Waals surface area contributed by atoms with Crippen LogP contribution in [0.15, 0.2) is 0 Å². The van der Waals surface area contributed by atoms with Gasteiger partial charge in [0.2, 0.25) is 0 Å². The fourth-order valence-electron chi connectivity index (χ4n) is 4.53. The van der Waals surface area contributed by atoms with E-state index < -0.39 is 0 Å². The normalized spacial score (nSPS) is 34.7. The van der Waals surface area contributed by atoms with Crippen LogP contribution in [0.1, 0.15) is 51.4 Å². The molecule has 2 atom stereocenters. The topological polar surface area (TPSA) is 96.1 Å². The summed E-state index contributed by atoms with van der Waals surface area (Å²) in [5.41, 5.74) is 0. The lowest BCUT2D eigenvalue weighted by Crippen LogP contribution is -2.27. The van der Waals surface area contributed by atoms with Crippen LogP contribution in [-0.4, -0.2) is 70.6 Å². The Balaban J connectivity index is 0.980. The quantitative estimate of drug-likeness (QED) is 0.198. The van der Waals surface area contributed by atoms with Gasteiger partial charge >= 0.3 is 11.9 Å². The lowest BCUT2D eigenvalue weighted by Gasteiger charge is -2.28. The van der Waals surface area contributed by atoms with E-state index in [0.29, 0.717) is 58.3 Å². The number of epoxide rings is 2. The second-order valence-corrected chi connectivity index (χ2v) is 9.47. The Bertz CT molecular complexity index is 522. The van der Waals surface area contributed by atoms with Gasteiger partial charge < -0.3 is 28.4 Å². The summed E-state index contributed by atoms with van der Waals surface area (Å²) in [5.74, 6) is 0.890. The molecular formula is C23H36O8. The maximum absolute atomic E-state index is 12.0. The van der Waals surface area contributed by atoms with Crippen molar-refractivity contribution in [1.29, 1.82) is 0 Å². The lowest BCUT2D eigenvalue weighted by atomic mass is 9.82. The lowest BCUT2D eigenvalue weighted by molar-refractivity contribution is -0.151. The van der Waals surface area contributed by atoms with Crippen LogP contribution in [0.3, 0.4) is 0 Å². The van der Waals surface area contributed by atoms with Gasteiger partial charge in [-0.15, -0.1) is 0 Å². The molecule has 0 radical (unpaired) electrons. The number of hydrogen-bond acceptors (Lipinski definition) is 8. The summed E-state index contributed by atoms with van der Waals surface area (Å²) in [6, 6.07) is 0. The Kier molecular flexibility index (Phi) is 8.58. The minimum Gasteiger partial charge on any atom is -0.463 e. The third-order valence-electron chi connectivity index (χ3n) is 6.86. The minimum atomic E-state index is -0.0712. The Morgan fingerprint density at radius 2 is 1.00 bits per heavy atom. The Morgan fingerprint density at radius 1 is 0.613 bits per heavy atom. The molecule has 0 N–H and O–H groups in total. The van der Waals surface area contributed by atoms with Crippen molar-refractivity contribution >= 4 is 11.9 Å². The van der Waals surface area contributed by atoms with Gasteiger partial charge in [-0.05, 0) is 63.2 Å². The number of esters is 2. The van der Waals surface area contributed by atoms with Gasteiger partial charge in [-0.2, -0.15) is 0 Å². The summed E-state index contributed by atoms with van der Waals surface area (Å²) in [6.07, 6.45) is 7.73. The van der Waals surface area contributed by atoms with Gasteiger partial charge in [-0.25, -0.2) is 0 Å². The van der Waals surface area contributed by atoms with E-state index in [1.807, 2.05) is 0 Å². The van der Waals surface area contributed by atoms with Crippen molar-refractivity contribution < 1.29 is 38.0 Å². The van der Waals surface area contributed by atoms with Crippen molar-refractivity contribution in [2.45, 2.75) is 63.6 Å². The molecule has 0 aromatic carbocycles. The molecule has 31 heavy (non-hydrogen) atoms. The smallest absolute Gasteiger partial charge is 0.309 e. The summed E-state index contributed by atoms with van der Waals surface area (Å²) in [4.78, 5) is 24.1. The zero-order chi connectivity index (χ0) is 21.5. The van der Waals surface area contributed by atoms with Gasteiger partial charge in [0.15, 0.2) is 0 Å². The van der Waals surface area contributed by atoms with Gasteiger partial charge in [0.1, 0.15) is 32.2 Å². The maximum Gasteiger partial charge on any atom is 0.309 e. The van der Waals surface area contributed by atoms with Gasteiger partial charge in [-0.1, -0.05) is 0 Å². The van der Waals surface area contributed by atoms with Crippen LogP contribution in [0.4, 0.5) is 0 Å². The van der Waals surface area contributed by atoms with Crippen molar-refractivity contribution in [2.24, 2.45) is 23.7 Å². The molecule has 2 unspecified atom stereocenters. The summed E-state index contributed by atoms with van der Waals surface area (Å²) in [6.45, 7) is 3.91. The number of rotatable bonds is 12. The van der Waals surface area contributed by atoms with Crippen LogP contribution in [0.2, 0.25) is 0 Å². The molecule has 2 saturated heterocycles. The highest BCUT2D eigenvalue weighted by molar-refractivity contribution is 5.73. The summed E-state index contributed by atoms with van der Waals surface area (Å²) < 4.78 is 32.2. The molecule has 8 nitrogen and oxygen atoms in total. The predicted octanol–water partition coefficient (Wildman–Crippen LogP) is 2.47. The fourth-order valence-corrected chi connectivity index (χ4v) is 4.53. The first kappa shape index (κ1) is 23.0. The third-order valence-corrected chi connectivity index (χ3v) is 6.86. The molecular weight excluding hydrogens is 404 g/mol. The van der Waals surface area contributed by atoms with Crippen LogP contribution in [0, 0.1) is 23.7 Å². The molecule has 0 amide bonds. The molecule has 4 fully saturated rings. The maximum atomic E-state index is 12.0. The van der Waals surface area contributed by atoms with E-state index in [0.717, 1.165) is 51.4 Å². The van der Waals surface area contributed by atoms with Gasteiger partial charge in [-0.3, -0.25) is 9.59 Å². The van der Waals surface area contributed by atoms with Crippen molar-refractivity contribution in [3.8, 4) is 0 Å². The molecule has 4 rings (SSSR count). The number of hydrogen-bond donors (Lipinski definition) is 0. The zero-order valence-corrected chi connectivity index (χ0v) is 18.3. The zero-order valence-electron chi connectivity index (χ0n) is 18.3. The molecule has 2 aliphatic heterocycles. The summed E-state index contributed by atoms with van der Waals surface area (Å²) in [5, 5.41) is 0. The van der Waals surface area contributed by atoms with Gasteiger partial charge in [0.05, 0.1) is 38.3 Å². The van der Waals surface area contributed by atoms with E-state index in [-0.39, 0.29) is 36.0 Å². The first-order valence-corrected chi connectivity index (χ1v) is 11.9. The molecule has 2 aliphatic carbocycles. The molecule has 0 spiro atoms. The number of ether oxygens (including phenoxy) is 6. The minimum absolute atomic E-state index is 0.0284. The average molecular weight is 441 g/mol. The van der Waals surface area contributed by atoms with E-state index in [9.17, 15) is 9.59 Å². The van der Waals surface area contributed by atoms with Crippen LogP contribution in [0.25, 0.3) is 0 Å².